The van der Waals surface area contributed by atoms with Crippen LogP contribution in [-0.2, 0) is 0 Å². The van der Waals surface area contributed by atoms with E-state index in [1.165, 1.54) is 218 Å². The number of fused-ring (bicyclic) bond motifs is 30. The van der Waals surface area contributed by atoms with E-state index in [0.29, 0.717) is 65.0 Å². The van der Waals surface area contributed by atoms with Crippen molar-refractivity contribution in [2.45, 2.75) is 431 Å². The Labute approximate surface area is 848 Å². The van der Waals surface area contributed by atoms with E-state index in [2.05, 4.69) is 267 Å². The minimum atomic E-state index is -0.0798. The summed E-state index contributed by atoms with van der Waals surface area (Å²) < 4.78 is 6.84. The summed E-state index contributed by atoms with van der Waals surface area (Å²) in [7, 11) is 0. The van der Waals surface area contributed by atoms with Gasteiger partial charge in [0, 0.05) is 26.5 Å². The molecule has 0 unspecified atom stereocenters. The minimum absolute atomic E-state index is 0.0695. The van der Waals surface area contributed by atoms with E-state index in [9.17, 15) is 30.6 Å². The molecule has 24 aliphatic carbocycles. The van der Waals surface area contributed by atoms with Crippen molar-refractivity contribution in [1.29, 1.82) is 0 Å². The summed E-state index contributed by atoms with van der Waals surface area (Å²) in [6.07, 6.45) is 77.9. The summed E-state index contributed by atoms with van der Waals surface area (Å²) in [5, 5.41) is 60.2. The molecule has 6 nitrogen and oxygen atoms in total. The number of rotatable bonds is 0. The van der Waals surface area contributed by atoms with Gasteiger partial charge in [0.05, 0.1) is 36.6 Å². The van der Waals surface area contributed by atoms with Crippen molar-refractivity contribution in [3.05, 3.63) is 89.2 Å². The van der Waals surface area contributed by atoms with Gasteiger partial charge in [0.2, 0.25) is 0 Å². The molecule has 0 aromatic heterocycles. The molecule has 24 aliphatic rings. The number of hydrogen-bond acceptors (Lipinski definition) is 6. The van der Waals surface area contributed by atoms with Crippen molar-refractivity contribution in [1.82, 2.24) is 0 Å². The maximum Gasteiger partial charge on any atom is 0.0577 e. The SMILES string of the molecule is C[C@]12CC[C@H](O)CC1=CC[C@@H]1[C@@H]2CC[C@]2(C)C(I)=CC[C@@H]12.C[C@]12CC[C@H](O)CC1=CC[C@@H]1[C@@H]2CC[C@]2(C)C(I)=CC[C@@H]12.C[C@]12CC[C@H]3[C@@H](CC=C4C[C@@H](O)CC[C@@]43C)[C@@H]1CC[C@@H]2I.C[C@]12CC[C@H]3[C@@H](CC=C4C[C@@H](O)CC[C@@]43C)[C@@H]1CC[C@@H]2I.C[C@]12CC[C@H]3[C@@H](CC=C4C[C@@H](O)CC[C@@]43C)[C@@H]1CC[C@@H]2I.C[C@]12CC[C@H]3[C@@H](CC=C4C[C@@H](O)CC[C@@]43C)[C@@H]1CC[C@@H]2I. The van der Waals surface area contributed by atoms with Crippen LogP contribution < -0.4 is 0 Å². The van der Waals surface area contributed by atoms with Crippen LogP contribution in [0.4, 0.5) is 0 Å². The summed E-state index contributed by atoms with van der Waals surface area (Å²) >= 11 is 16.2. The molecular weight excluding hydrogens is 2230 g/mol. The Balaban J connectivity index is 0.0000000987. The summed E-state index contributed by atoms with van der Waals surface area (Å²) in [5.41, 5.74) is 15.4. The second-order valence-electron chi connectivity index (χ2n) is 51.8. The van der Waals surface area contributed by atoms with Gasteiger partial charge in [-0.25, -0.2) is 0 Å². The average molecular weight is 2400 g/mol. The van der Waals surface area contributed by atoms with Crippen molar-refractivity contribution < 1.29 is 30.6 Å². The van der Waals surface area contributed by atoms with Crippen LogP contribution in [0.3, 0.4) is 0 Å². The highest BCUT2D eigenvalue weighted by molar-refractivity contribution is 14.1. The molecule has 0 spiro atoms. The molecular formula is C114H170I6O6. The van der Waals surface area contributed by atoms with Crippen molar-refractivity contribution in [3.8, 4) is 0 Å². The molecule has 12 heteroatoms. The van der Waals surface area contributed by atoms with Crippen LogP contribution in [0.2, 0.25) is 0 Å². The lowest BCUT2D eigenvalue weighted by Crippen LogP contribution is -2.50. The topological polar surface area (TPSA) is 121 Å². The van der Waals surface area contributed by atoms with Crippen LogP contribution in [-0.4, -0.2) is 83.0 Å². The number of aliphatic hydroxyl groups excluding tert-OH is 6. The number of halogens is 6. The first-order chi connectivity index (χ1) is 59.7. The molecule has 40 atom stereocenters. The van der Waals surface area contributed by atoms with Crippen LogP contribution in [0.15, 0.2) is 89.2 Å². The molecule has 0 aromatic carbocycles. The van der Waals surface area contributed by atoms with Gasteiger partial charge in [0.15, 0.2) is 0 Å². The van der Waals surface area contributed by atoms with Crippen LogP contribution >= 0.6 is 136 Å². The second-order valence-corrected chi connectivity index (χ2v) is 60.1. The minimum Gasteiger partial charge on any atom is -0.393 e. The van der Waals surface area contributed by atoms with Gasteiger partial charge < -0.3 is 30.6 Å². The van der Waals surface area contributed by atoms with Gasteiger partial charge in [-0.05, 0) is 508 Å². The number of allylic oxidation sites excluding steroid dienone is 10. The third-order valence-electron chi connectivity index (χ3n) is 47.0. The second kappa shape index (κ2) is 36.2. The molecule has 16 fully saturated rings. The Morgan fingerprint density at radius 2 is 0.373 bits per heavy atom. The van der Waals surface area contributed by atoms with Gasteiger partial charge in [-0.15, -0.1) is 0 Å². The molecule has 126 heavy (non-hydrogen) atoms. The largest absolute Gasteiger partial charge is 0.393 e. The maximum atomic E-state index is 10.0. The van der Waals surface area contributed by atoms with Crippen LogP contribution in [0.5, 0.6) is 0 Å². The fourth-order valence-corrected chi connectivity index (χ4v) is 45.0. The average Bonchev–Trinajstić information content (AvgIpc) is 1.55. The zero-order chi connectivity index (χ0) is 89.0. The van der Waals surface area contributed by atoms with E-state index in [1.807, 2.05) is 0 Å². The van der Waals surface area contributed by atoms with Crippen LogP contribution in [0.25, 0.3) is 0 Å². The molecule has 0 radical (unpaired) electrons. The van der Waals surface area contributed by atoms with E-state index in [0.717, 1.165) is 199 Å². The fourth-order valence-electron chi connectivity index (χ4n) is 38.6. The van der Waals surface area contributed by atoms with Gasteiger partial charge in [0.1, 0.15) is 0 Å². The monoisotopic (exact) mass is 2400 g/mol. The Hall–Kier alpha value is 2.06. The molecule has 704 valence electrons. The number of aliphatic hydroxyl groups is 6. The first-order valence-corrected chi connectivity index (χ1v) is 60.4. The molecule has 6 N–H and O–H groups in total. The summed E-state index contributed by atoms with van der Waals surface area (Å²) in [6.45, 7) is 30.5. The van der Waals surface area contributed by atoms with Gasteiger partial charge in [-0.2, -0.15) is 0 Å². The zero-order valence-electron chi connectivity index (χ0n) is 80.3. The van der Waals surface area contributed by atoms with E-state index in [-0.39, 0.29) is 36.6 Å². The molecule has 16 saturated carbocycles. The van der Waals surface area contributed by atoms with Crippen LogP contribution in [0, 0.1) is 172 Å². The molecule has 0 heterocycles. The molecule has 24 rings (SSSR count). The van der Waals surface area contributed by atoms with Crippen molar-refractivity contribution >= 4 is 136 Å². The molecule has 0 saturated heterocycles. The number of hydrogen-bond donors (Lipinski definition) is 6. The lowest BCUT2D eigenvalue weighted by atomic mass is 9.48. The smallest absolute Gasteiger partial charge is 0.0577 e. The van der Waals surface area contributed by atoms with Gasteiger partial charge in [0.25, 0.3) is 0 Å². The predicted octanol–water partition coefficient (Wildman–Crippen LogP) is 30.9. The Morgan fingerprint density at radius 1 is 0.198 bits per heavy atom. The lowest BCUT2D eigenvalue weighted by molar-refractivity contribution is -0.0336. The van der Waals surface area contributed by atoms with E-state index in [1.54, 1.807) is 40.6 Å². The maximum absolute atomic E-state index is 10.0. The zero-order valence-corrected chi connectivity index (χ0v) is 93.2. The number of alkyl halides is 4. The highest BCUT2D eigenvalue weighted by Gasteiger charge is 2.66. The highest BCUT2D eigenvalue weighted by Crippen LogP contribution is 2.74. The van der Waals surface area contributed by atoms with E-state index >= 15 is 0 Å². The van der Waals surface area contributed by atoms with Crippen molar-refractivity contribution in [3.63, 3.8) is 0 Å². The Kier molecular flexibility index (Phi) is 27.9. The molecule has 0 amide bonds. The quantitative estimate of drug-likeness (QED) is 0.0816. The van der Waals surface area contributed by atoms with Gasteiger partial charge in [-0.3, -0.25) is 0 Å². The van der Waals surface area contributed by atoms with E-state index < -0.39 is 0 Å². The summed E-state index contributed by atoms with van der Waals surface area (Å²) in [5.74, 6) is 16.3. The first-order valence-electron chi connectivity index (χ1n) is 53.2. The molecule has 0 aromatic rings. The van der Waals surface area contributed by atoms with Crippen molar-refractivity contribution in [2.75, 3.05) is 0 Å². The standard InChI is InChI=1S/4C19H29IO.2C19H27IO/c6*1-18-9-7-13(21)11-12(18)3-4-14-15-5-6-17(20)19(15,2)10-8-16(14)18/h4*3,13-17,21H,4-11H2,1-2H3;2*3,6,13-16,21H,4-5,7-11H2,1-2H3/t4*13-,14-,15-,16-,17-,18-,19-;2*13-,14-,15-,16-,18-,19-/m000000/s1. The normalized spacial score (nSPS) is 54.9. The third kappa shape index (κ3) is 16.1. The highest BCUT2D eigenvalue weighted by atomic mass is 127. The molecule has 0 bridgehead atoms. The molecule has 0 aliphatic heterocycles. The van der Waals surface area contributed by atoms with Gasteiger partial charge >= 0.3 is 0 Å². The summed E-state index contributed by atoms with van der Waals surface area (Å²) in [6, 6.07) is 0. The Morgan fingerprint density at radius 3 is 0.571 bits per heavy atom. The van der Waals surface area contributed by atoms with Gasteiger partial charge in [-0.1, -0.05) is 255 Å². The van der Waals surface area contributed by atoms with E-state index in [4.69, 9.17) is 0 Å². The Bertz CT molecular complexity index is 3730. The predicted molar refractivity (Wildman–Crippen MR) is 572 cm³/mol. The fraction of sp³-hybridized carbons (Fsp3) is 0.860. The summed E-state index contributed by atoms with van der Waals surface area (Å²) in [4.78, 5) is 0. The van der Waals surface area contributed by atoms with Crippen LogP contribution in [0.1, 0.15) is 378 Å². The lowest BCUT2D eigenvalue weighted by Gasteiger charge is -2.57. The third-order valence-corrected chi connectivity index (χ3v) is 58.5. The van der Waals surface area contributed by atoms with Crippen molar-refractivity contribution in [2.24, 2.45) is 172 Å². The first kappa shape index (κ1) is 96.9.